The van der Waals surface area contributed by atoms with Crippen LogP contribution in [0.15, 0.2) is 23.0 Å². The molecule has 20 heavy (non-hydrogen) atoms. The van der Waals surface area contributed by atoms with Gasteiger partial charge in [0.1, 0.15) is 0 Å². The van der Waals surface area contributed by atoms with E-state index in [1.165, 1.54) is 12.8 Å². The molecule has 1 aromatic heterocycles. The Morgan fingerprint density at radius 1 is 1.30 bits per heavy atom. The van der Waals surface area contributed by atoms with Crippen molar-refractivity contribution in [1.82, 2.24) is 14.5 Å². The molecule has 4 nitrogen and oxygen atoms in total. The van der Waals surface area contributed by atoms with Gasteiger partial charge in [-0.15, -0.1) is 0 Å². The van der Waals surface area contributed by atoms with E-state index in [-0.39, 0.29) is 11.9 Å². The number of aromatic nitrogens is 2. The third-order valence-corrected chi connectivity index (χ3v) is 4.41. The number of H-pyrrole nitrogens is 1. The van der Waals surface area contributed by atoms with Gasteiger partial charge in [0.05, 0.1) is 17.2 Å². The highest BCUT2D eigenvalue weighted by Gasteiger charge is 2.28. The van der Waals surface area contributed by atoms with Crippen molar-refractivity contribution in [2.45, 2.75) is 52.2 Å². The molecular weight excluding hydrogens is 250 g/mol. The topological polar surface area (TPSA) is 41.0 Å². The maximum Gasteiger partial charge on any atom is 0.327 e. The second-order valence-corrected chi connectivity index (χ2v) is 6.08. The zero-order valence-electron chi connectivity index (χ0n) is 12.5. The Bertz CT molecular complexity index is 668. The van der Waals surface area contributed by atoms with Gasteiger partial charge in [0.25, 0.3) is 0 Å². The predicted octanol–water partition coefficient (Wildman–Crippen LogP) is 3.03. The molecule has 1 saturated heterocycles. The fourth-order valence-corrected chi connectivity index (χ4v) is 3.46. The number of para-hydroxylation sites is 1. The first-order valence-corrected chi connectivity index (χ1v) is 7.55. The third-order valence-electron chi connectivity index (χ3n) is 4.41. The Morgan fingerprint density at radius 2 is 2.10 bits per heavy atom. The van der Waals surface area contributed by atoms with Crippen molar-refractivity contribution in [3.8, 4) is 0 Å². The van der Waals surface area contributed by atoms with Crippen molar-refractivity contribution in [3.63, 3.8) is 0 Å². The Kier molecular flexibility index (Phi) is 3.42. The second kappa shape index (κ2) is 5.09. The Hall–Kier alpha value is -1.55. The first-order chi connectivity index (χ1) is 9.59. The summed E-state index contributed by atoms with van der Waals surface area (Å²) in [6, 6.07) is 6.53. The highest BCUT2D eigenvalue weighted by atomic mass is 16.1. The fourth-order valence-electron chi connectivity index (χ4n) is 3.46. The first-order valence-electron chi connectivity index (χ1n) is 7.55. The maximum atomic E-state index is 12.4. The lowest BCUT2D eigenvalue weighted by Gasteiger charge is -2.39. The first kappa shape index (κ1) is 13.4. The number of nitrogens with zero attached hydrogens (tertiary/aromatic N) is 2. The molecular formula is C16H23N3O. The molecule has 1 atom stereocenters. The largest absolute Gasteiger partial charge is 0.327 e. The summed E-state index contributed by atoms with van der Waals surface area (Å²) in [6.45, 7) is 7.58. The highest BCUT2D eigenvalue weighted by molar-refractivity contribution is 5.78. The van der Waals surface area contributed by atoms with E-state index in [1.54, 1.807) is 0 Å². The van der Waals surface area contributed by atoms with Crippen LogP contribution in [0.5, 0.6) is 0 Å². The molecule has 1 aromatic carbocycles. The average molecular weight is 273 g/mol. The number of benzene rings is 1. The van der Waals surface area contributed by atoms with Gasteiger partial charge in [-0.2, -0.15) is 0 Å². The van der Waals surface area contributed by atoms with Crippen LogP contribution in [0.1, 0.15) is 44.8 Å². The van der Waals surface area contributed by atoms with Crippen LogP contribution in [-0.2, 0) is 0 Å². The molecule has 2 aromatic rings. The number of fused-ring (bicyclic) bond motifs is 1. The molecule has 0 saturated carbocycles. The number of hydrogen-bond acceptors (Lipinski definition) is 2. The van der Waals surface area contributed by atoms with E-state index in [4.69, 9.17) is 0 Å². The molecule has 108 valence electrons. The summed E-state index contributed by atoms with van der Waals surface area (Å²) in [5, 5.41) is 0. The summed E-state index contributed by atoms with van der Waals surface area (Å²) in [4.78, 5) is 17.9. The molecule has 0 amide bonds. The molecule has 0 aliphatic carbocycles. The minimum atomic E-state index is 0.0202. The molecule has 0 radical (unpaired) electrons. The predicted molar refractivity (Wildman–Crippen MR) is 82.0 cm³/mol. The average Bonchev–Trinajstić information content (AvgIpc) is 2.76. The zero-order valence-corrected chi connectivity index (χ0v) is 12.5. The van der Waals surface area contributed by atoms with Gasteiger partial charge >= 0.3 is 5.69 Å². The van der Waals surface area contributed by atoms with Gasteiger partial charge in [-0.25, -0.2) is 4.79 Å². The number of hydrogen-bond donors (Lipinski definition) is 1. The molecule has 1 N–H and O–H groups in total. The van der Waals surface area contributed by atoms with Crippen LogP contribution in [-0.4, -0.2) is 27.0 Å². The Balaban J connectivity index is 2.17. The van der Waals surface area contributed by atoms with Crippen LogP contribution in [0.2, 0.25) is 0 Å². The summed E-state index contributed by atoms with van der Waals surface area (Å²) in [5.74, 6) is 0. The van der Waals surface area contributed by atoms with Crippen molar-refractivity contribution in [1.29, 1.82) is 0 Å². The van der Waals surface area contributed by atoms with Gasteiger partial charge in [0, 0.05) is 12.6 Å². The van der Waals surface area contributed by atoms with Gasteiger partial charge in [-0.3, -0.25) is 9.47 Å². The van der Waals surface area contributed by atoms with E-state index >= 15 is 0 Å². The lowest BCUT2D eigenvalue weighted by atomic mass is 10.1. The van der Waals surface area contributed by atoms with Gasteiger partial charge in [0.15, 0.2) is 0 Å². The van der Waals surface area contributed by atoms with E-state index < -0.39 is 0 Å². The molecule has 1 fully saturated rings. The normalized spacial score (nSPS) is 20.9. The monoisotopic (exact) mass is 273 g/mol. The smallest absolute Gasteiger partial charge is 0.305 e. The van der Waals surface area contributed by atoms with E-state index in [0.29, 0.717) is 6.04 Å². The molecule has 3 rings (SSSR count). The van der Waals surface area contributed by atoms with Crippen LogP contribution in [0.25, 0.3) is 11.0 Å². The van der Waals surface area contributed by atoms with E-state index in [2.05, 4.69) is 36.7 Å². The van der Waals surface area contributed by atoms with Gasteiger partial charge < -0.3 is 4.98 Å². The SMILES string of the molecule is Cc1cccc2[nH]c(=O)n(C3CCCCN3C(C)C)c12. The van der Waals surface area contributed by atoms with Gasteiger partial charge in [0.2, 0.25) is 0 Å². The maximum absolute atomic E-state index is 12.4. The van der Waals surface area contributed by atoms with Gasteiger partial charge in [-0.1, -0.05) is 12.1 Å². The summed E-state index contributed by atoms with van der Waals surface area (Å²) in [5.41, 5.74) is 3.20. The number of aryl methyl sites for hydroxylation is 1. The van der Waals surface area contributed by atoms with Crippen LogP contribution < -0.4 is 5.69 Å². The van der Waals surface area contributed by atoms with Crippen LogP contribution in [0.3, 0.4) is 0 Å². The number of piperidine rings is 1. The standard InChI is InChI=1S/C16H23N3O/c1-11(2)18-10-5-4-9-14(18)19-15-12(3)7-6-8-13(15)17-16(19)20/h6-8,11,14H,4-5,9-10H2,1-3H3,(H,17,20). The van der Waals surface area contributed by atoms with Crippen LogP contribution >= 0.6 is 0 Å². The molecule has 0 spiro atoms. The second-order valence-electron chi connectivity index (χ2n) is 6.08. The minimum absolute atomic E-state index is 0.0202. The summed E-state index contributed by atoms with van der Waals surface area (Å²) >= 11 is 0. The van der Waals surface area contributed by atoms with Crippen molar-refractivity contribution in [2.75, 3.05) is 6.54 Å². The van der Waals surface area contributed by atoms with Crippen molar-refractivity contribution in [2.24, 2.45) is 0 Å². The number of rotatable bonds is 2. The van der Waals surface area contributed by atoms with E-state index in [0.717, 1.165) is 29.6 Å². The quantitative estimate of drug-likeness (QED) is 0.913. The third kappa shape index (κ3) is 2.08. The van der Waals surface area contributed by atoms with Crippen molar-refractivity contribution in [3.05, 3.63) is 34.2 Å². The number of likely N-dealkylation sites (tertiary alicyclic amines) is 1. The fraction of sp³-hybridized carbons (Fsp3) is 0.562. The molecule has 1 unspecified atom stereocenters. The summed E-state index contributed by atoms with van der Waals surface area (Å²) in [6.07, 6.45) is 3.66. The zero-order chi connectivity index (χ0) is 14.3. The Morgan fingerprint density at radius 3 is 2.85 bits per heavy atom. The van der Waals surface area contributed by atoms with Gasteiger partial charge in [-0.05, 0) is 51.7 Å². The molecule has 2 heterocycles. The summed E-state index contributed by atoms with van der Waals surface area (Å²) < 4.78 is 1.98. The minimum Gasteiger partial charge on any atom is -0.305 e. The lowest BCUT2D eigenvalue weighted by molar-refractivity contribution is 0.0649. The summed E-state index contributed by atoms with van der Waals surface area (Å²) in [7, 11) is 0. The number of aromatic amines is 1. The molecule has 1 aliphatic rings. The van der Waals surface area contributed by atoms with Crippen molar-refractivity contribution < 1.29 is 0 Å². The highest BCUT2D eigenvalue weighted by Crippen LogP contribution is 2.30. The van der Waals surface area contributed by atoms with E-state index in [9.17, 15) is 4.79 Å². The molecule has 4 heteroatoms. The number of nitrogens with one attached hydrogen (secondary N) is 1. The Labute approximate surface area is 119 Å². The lowest BCUT2D eigenvalue weighted by Crippen LogP contribution is -2.44. The van der Waals surface area contributed by atoms with E-state index in [1.807, 2.05) is 16.7 Å². The molecule has 1 aliphatic heterocycles. The van der Waals surface area contributed by atoms with Crippen molar-refractivity contribution >= 4 is 11.0 Å². The van der Waals surface area contributed by atoms with Crippen LogP contribution in [0, 0.1) is 6.92 Å². The van der Waals surface area contributed by atoms with Crippen LogP contribution in [0.4, 0.5) is 0 Å². The molecule has 0 bridgehead atoms. The number of imidazole rings is 1.